The van der Waals surface area contributed by atoms with Gasteiger partial charge in [0.05, 0.1) is 11.7 Å². The molecule has 16 heavy (non-hydrogen) atoms. The van der Waals surface area contributed by atoms with E-state index in [0.717, 1.165) is 18.7 Å². The monoisotopic (exact) mass is 236 g/mol. The number of hydrogen-bond donors (Lipinski definition) is 2. The van der Waals surface area contributed by atoms with Crippen LogP contribution in [0.5, 0.6) is 0 Å². The quantitative estimate of drug-likeness (QED) is 0.616. The third kappa shape index (κ3) is 2.16. The van der Waals surface area contributed by atoms with Crippen molar-refractivity contribution in [2.24, 2.45) is 5.84 Å². The smallest absolute Gasteiger partial charge is 0.0886 e. The molecule has 0 amide bonds. The van der Waals surface area contributed by atoms with Crippen LogP contribution in [0.15, 0.2) is 29.1 Å². The van der Waals surface area contributed by atoms with Gasteiger partial charge in [0.1, 0.15) is 0 Å². The lowest BCUT2D eigenvalue weighted by molar-refractivity contribution is 0.521. The largest absolute Gasteiger partial charge is 0.271 e. The highest BCUT2D eigenvalue weighted by molar-refractivity contribution is 7.08. The number of thiophene rings is 1. The molecule has 0 aliphatic rings. The molecule has 0 fully saturated rings. The lowest BCUT2D eigenvalue weighted by Crippen LogP contribution is -2.30. The second kappa shape index (κ2) is 5.25. The molecular weight excluding hydrogens is 220 g/mol. The Morgan fingerprint density at radius 3 is 3.06 bits per heavy atom. The summed E-state index contributed by atoms with van der Waals surface area (Å²) in [5.41, 5.74) is 5.15. The van der Waals surface area contributed by atoms with Crippen molar-refractivity contribution in [3.8, 4) is 0 Å². The Morgan fingerprint density at radius 1 is 1.56 bits per heavy atom. The van der Waals surface area contributed by atoms with E-state index in [-0.39, 0.29) is 6.04 Å². The zero-order valence-corrected chi connectivity index (χ0v) is 10.1. The second-order valence-electron chi connectivity index (χ2n) is 3.64. The summed E-state index contributed by atoms with van der Waals surface area (Å²) < 4.78 is 2.00. The maximum absolute atomic E-state index is 5.63. The van der Waals surface area contributed by atoms with Gasteiger partial charge in [-0.25, -0.2) is 5.43 Å². The SMILES string of the molecule is CCCn1nccc1C(NN)c1ccsc1. The van der Waals surface area contributed by atoms with Gasteiger partial charge in [-0.3, -0.25) is 10.5 Å². The molecule has 0 saturated carbocycles. The maximum atomic E-state index is 5.63. The fraction of sp³-hybridized carbons (Fsp3) is 0.364. The first kappa shape index (κ1) is 11.3. The predicted molar refractivity (Wildman–Crippen MR) is 66.0 cm³/mol. The van der Waals surface area contributed by atoms with E-state index in [1.807, 2.05) is 16.9 Å². The van der Waals surface area contributed by atoms with E-state index in [1.54, 1.807) is 11.3 Å². The van der Waals surface area contributed by atoms with Gasteiger partial charge in [-0.15, -0.1) is 0 Å². The average Bonchev–Trinajstić information content (AvgIpc) is 2.92. The van der Waals surface area contributed by atoms with E-state index < -0.39 is 0 Å². The van der Waals surface area contributed by atoms with Gasteiger partial charge in [0.15, 0.2) is 0 Å². The van der Waals surface area contributed by atoms with Crippen molar-refractivity contribution in [1.82, 2.24) is 15.2 Å². The Balaban J connectivity index is 2.30. The second-order valence-corrected chi connectivity index (χ2v) is 4.42. The van der Waals surface area contributed by atoms with Crippen LogP contribution in [0.4, 0.5) is 0 Å². The Morgan fingerprint density at radius 2 is 2.44 bits per heavy atom. The van der Waals surface area contributed by atoms with Crippen molar-refractivity contribution in [2.75, 3.05) is 0 Å². The summed E-state index contributed by atoms with van der Waals surface area (Å²) in [6.07, 6.45) is 2.89. The zero-order valence-electron chi connectivity index (χ0n) is 9.26. The van der Waals surface area contributed by atoms with Crippen molar-refractivity contribution < 1.29 is 0 Å². The molecule has 0 bridgehead atoms. The molecule has 1 atom stereocenters. The molecule has 1 unspecified atom stereocenters. The molecule has 2 aromatic heterocycles. The normalized spacial score (nSPS) is 12.9. The molecule has 0 radical (unpaired) electrons. The molecule has 0 spiro atoms. The first-order valence-corrected chi connectivity index (χ1v) is 6.31. The third-order valence-electron chi connectivity index (χ3n) is 2.52. The van der Waals surface area contributed by atoms with Crippen LogP contribution >= 0.6 is 11.3 Å². The fourth-order valence-corrected chi connectivity index (χ4v) is 2.46. The first-order valence-electron chi connectivity index (χ1n) is 5.36. The molecule has 3 N–H and O–H groups in total. The van der Waals surface area contributed by atoms with Crippen molar-refractivity contribution in [1.29, 1.82) is 0 Å². The van der Waals surface area contributed by atoms with Gasteiger partial charge in [0.2, 0.25) is 0 Å². The van der Waals surface area contributed by atoms with Crippen molar-refractivity contribution in [2.45, 2.75) is 25.9 Å². The highest BCUT2D eigenvalue weighted by Crippen LogP contribution is 2.23. The summed E-state index contributed by atoms with van der Waals surface area (Å²) in [4.78, 5) is 0. The van der Waals surface area contributed by atoms with Crippen LogP contribution < -0.4 is 11.3 Å². The van der Waals surface area contributed by atoms with Crippen molar-refractivity contribution in [3.05, 3.63) is 40.3 Å². The van der Waals surface area contributed by atoms with Gasteiger partial charge >= 0.3 is 0 Å². The van der Waals surface area contributed by atoms with Gasteiger partial charge in [-0.1, -0.05) is 6.92 Å². The highest BCUT2D eigenvalue weighted by Gasteiger charge is 2.16. The van der Waals surface area contributed by atoms with Crippen LogP contribution in [0.3, 0.4) is 0 Å². The molecule has 0 aliphatic heterocycles. The number of hydrazine groups is 1. The number of rotatable bonds is 5. The van der Waals surface area contributed by atoms with E-state index in [2.05, 4.69) is 34.3 Å². The van der Waals surface area contributed by atoms with Gasteiger partial charge in [-0.2, -0.15) is 16.4 Å². The van der Waals surface area contributed by atoms with Crippen LogP contribution in [-0.4, -0.2) is 9.78 Å². The summed E-state index contributed by atoms with van der Waals surface area (Å²) in [7, 11) is 0. The standard InChI is InChI=1S/C11H16N4S/c1-2-6-15-10(3-5-13-15)11(14-12)9-4-7-16-8-9/h3-5,7-8,11,14H,2,6,12H2,1H3. The topological polar surface area (TPSA) is 55.9 Å². The van der Waals surface area contributed by atoms with Gasteiger partial charge in [0.25, 0.3) is 0 Å². The summed E-state index contributed by atoms with van der Waals surface area (Å²) in [5, 5.41) is 8.47. The predicted octanol–water partition coefficient (Wildman–Crippen LogP) is 1.91. The average molecular weight is 236 g/mol. The summed E-state index contributed by atoms with van der Waals surface area (Å²) in [5.74, 6) is 5.63. The van der Waals surface area contributed by atoms with Crippen molar-refractivity contribution >= 4 is 11.3 Å². The minimum Gasteiger partial charge on any atom is -0.271 e. The first-order chi connectivity index (χ1) is 7.86. The number of aryl methyl sites for hydroxylation is 1. The number of nitrogens with one attached hydrogen (secondary N) is 1. The molecular formula is C11H16N4S. The summed E-state index contributed by atoms with van der Waals surface area (Å²) >= 11 is 1.67. The van der Waals surface area contributed by atoms with E-state index in [1.165, 1.54) is 5.56 Å². The number of aromatic nitrogens is 2. The number of hydrogen-bond acceptors (Lipinski definition) is 4. The van der Waals surface area contributed by atoms with E-state index in [9.17, 15) is 0 Å². The Kier molecular flexibility index (Phi) is 3.71. The Hall–Kier alpha value is -1.17. The van der Waals surface area contributed by atoms with Crippen LogP contribution in [0, 0.1) is 0 Å². The minimum absolute atomic E-state index is 0.0281. The van der Waals surface area contributed by atoms with Crippen LogP contribution in [0.2, 0.25) is 0 Å². The summed E-state index contributed by atoms with van der Waals surface area (Å²) in [6, 6.07) is 4.12. The third-order valence-corrected chi connectivity index (χ3v) is 3.23. The summed E-state index contributed by atoms with van der Waals surface area (Å²) in [6.45, 7) is 3.06. The molecule has 5 heteroatoms. The van der Waals surface area contributed by atoms with Crippen LogP contribution in [0.1, 0.15) is 30.6 Å². The Labute approximate surface area is 99.1 Å². The molecule has 2 heterocycles. The maximum Gasteiger partial charge on any atom is 0.0886 e. The van der Waals surface area contributed by atoms with Crippen LogP contribution in [-0.2, 0) is 6.54 Å². The van der Waals surface area contributed by atoms with Crippen molar-refractivity contribution in [3.63, 3.8) is 0 Å². The number of nitrogens with two attached hydrogens (primary N) is 1. The molecule has 2 rings (SSSR count). The lowest BCUT2D eigenvalue weighted by atomic mass is 10.1. The van der Waals surface area contributed by atoms with Crippen LogP contribution in [0.25, 0.3) is 0 Å². The van der Waals surface area contributed by atoms with Gasteiger partial charge in [-0.05, 0) is 34.9 Å². The van der Waals surface area contributed by atoms with E-state index in [0.29, 0.717) is 0 Å². The fourth-order valence-electron chi connectivity index (χ4n) is 1.78. The Bertz CT molecular complexity index is 421. The number of nitrogens with zero attached hydrogens (tertiary/aromatic N) is 2. The molecule has 4 nitrogen and oxygen atoms in total. The molecule has 86 valence electrons. The molecule has 2 aromatic rings. The zero-order chi connectivity index (χ0) is 11.4. The van der Waals surface area contributed by atoms with Gasteiger partial charge < -0.3 is 0 Å². The lowest BCUT2D eigenvalue weighted by Gasteiger charge is -2.16. The van der Waals surface area contributed by atoms with E-state index >= 15 is 0 Å². The van der Waals surface area contributed by atoms with E-state index in [4.69, 9.17) is 5.84 Å². The van der Waals surface area contributed by atoms with Gasteiger partial charge in [0, 0.05) is 12.7 Å². The molecule has 0 aliphatic carbocycles. The molecule has 0 saturated heterocycles. The molecule has 0 aromatic carbocycles. The minimum atomic E-state index is 0.0281. The highest BCUT2D eigenvalue weighted by atomic mass is 32.1.